The van der Waals surface area contributed by atoms with Gasteiger partial charge in [-0.2, -0.15) is 0 Å². The number of aryl methyl sites for hydroxylation is 2. The summed E-state index contributed by atoms with van der Waals surface area (Å²) in [5.74, 6) is 0.395. The zero-order valence-corrected chi connectivity index (χ0v) is 16.4. The molecule has 2 aromatic rings. The summed E-state index contributed by atoms with van der Waals surface area (Å²) in [5.41, 5.74) is 0.396. The predicted molar refractivity (Wildman–Crippen MR) is 99.4 cm³/mol. The number of amides is 1. The molecule has 0 fully saturated rings. The lowest BCUT2D eigenvalue weighted by atomic mass is 10.2. The summed E-state index contributed by atoms with van der Waals surface area (Å²) in [6.45, 7) is 6.79. The Hall–Kier alpha value is -1.87. The third-order valence-corrected chi connectivity index (χ3v) is 5.63. The van der Waals surface area contributed by atoms with E-state index in [0.717, 1.165) is 35.2 Å². The number of hydrogen-bond acceptors (Lipinski definition) is 7. The van der Waals surface area contributed by atoms with Gasteiger partial charge in [0.15, 0.2) is 5.16 Å². The van der Waals surface area contributed by atoms with Crippen LogP contribution in [0.15, 0.2) is 11.2 Å². The molecule has 2 rings (SSSR count). The fraction of sp³-hybridized carbons (Fsp3) is 0.500. The van der Waals surface area contributed by atoms with Crippen LogP contribution < -0.4 is 5.32 Å². The average Bonchev–Trinajstić information content (AvgIpc) is 3.17. The highest BCUT2D eigenvalue weighted by Crippen LogP contribution is 2.29. The first-order valence-corrected chi connectivity index (χ1v) is 9.83. The maximum absolute atomic E-state index is 12.3. The van der Waals surface area contributed by atoms with Crippen molar-refractivity contribution in [3.05, 3.63) is 22.3 Å². The van der Waals surface area contributed by atoms with E-state index in [4.69, 9.17) is 4.74 Å². The molecule has 7 nitrogen and oxygen atoms in total. The molecule has 136 valence electrons. The Balaban J connectivity index is 2.03. The highest BCUT2D eigenvalue weighted by atomic mass is 32.2. The van der Waals surface area contributed by atoms with Crippen LogP contribution in [0.4, 0.5) is 5.00 Å². The van der Waals surface area contributed by atoms with E-state index < -0.39 is 5.97 Å². The molecule has 0 saturated carbocycles. The van der Waals surface area contributed by atoms with Gasteiger partial charge in [-0.25, -0.2) is 4.79 Å². The largest absolute Gasteiger partial charge is 0.465 e. The van der Waals surface area contributed by atoms with E-state index in [1.807, 2.05) is 18.4 Å². The van der Waals surface area contributed by atoms with Gasteiger partial charge in [0, 0.05) is 11.4 Å². The topological polar surface area (TPSA) is 86.1 Å². The molecule has 0 unspecified atom stereocenters. The van der Waals surface area contributed by atoms with Crippen LogP contribution in [0.25, 0.3) is 0 Å². The van der Waals surface area contributed by atoms with Crippen LogP contribution in [-0.2, 0) is 22.5 Å². The van der Waals surface area contributed by atoms with Gasteiger partial charge in [-0.05, 0) is 25.8 Å². The molecular formula is C16H22N4O3S2. The molecule has 0 aliphatic carbocycles. The van der Waals surface area contributed by atoms with Crippen molar-refractivity contribution in [2.45, 2.75) is 45.3 Å². The maximum Gasteiger partial charge on any atom is 0.340 e. The van der Waals surface area contributed by atoms with E-state index in [1.54, 1.807) is 6.07 Å². The van der Waals surface area contributed by atoms with Crippen molar-refractivity contribution in [2.24, 2.45) is 0 Å². The number of ether oxygens (including phenoxy) is 1. The van der Waals surface area contributed by atoms with E-state index >= 15 is 0 Å². The SMILES string of the molecule is CCCn1c(C)nnc1SCC(=O)Nc1sc(CC)cc1C(=O)OC. The lowest BCUT2D eigenvalue weighted by Gasteiger charge is -2.07. The molecule has 2 aromatic heterocycles. The summed E-state index contributed by atoms with van der Waals surface area (Å²) in [7, 11) is 1.33. The molecular weight excluding hydrogens is 360 g/mol. The van der Waals surface area contributed by atoms with Gasteiger partial charge >= 0.3 is 5.97 Å². The van der Waals surface area contributed by atoms with Crippen LogP contribution >= 0.6 is 23.1 Å². The molecule has 0 aliphatic heterocycles. The van der Waals surface area contributed by atoms with Crippen LogP contribution in [0.3, 0.4) is 0 Å². The van der Waals surface area contributed by atoms with Crippen molar-refractivity contribution in [1.29, 1.82) is 0 Å². The van der Waals surface area contributed by atoms with Gasteiger partial charge in [-0.3, -0.25) is 4.79 Å². The van der Waals surface area contributed by atoms with Gasteiger partial charge in [0.1, 0.15) is 10.8 Å². The second-order valence-corrected chi connectivity index (χ2v) is 7.40. The normalized spacial score (nSPS) is 10.7. The zero-order chi connectivity index (χ0) is 18.4. The smallest absolute Gasteiger partial charge is 0.340 e. The molecule has 1 N–H and O–H groups in total. The summed E-state index contributed by atoms with van der Waals surface area (Å²) in [6.07, 6.45) is 1.76. The third-order valence-electron chi connectivity index (χ3n) is 3.47. The first-order chi connectivity index (χ1) is 12.0. The van der Waals surface area contributed by atoms with Gasteiger partial charge < -0.3 is 14.6 Å². The number of nitrogens with one attached hydrogen (secondary N) is 1. The van der Waals surface area contributed by atoms with Crippen LogP contribution in [0.1, 0.15) is 41.3 Å². The average molecular weight is 383 g/mol. The molecule has 1 amide bonds. The van der Waals surface area contributed by atoms with Crippen molar-refractivity contribution >= 4 is 40.0 Å². The second kappa shape index (κ2) is 9.00. The summed E-state index contributed by atoms with van der Waals surface area (Å²) >= 11 is 2.73. The summed E-state index contributed by atoms with van der Waals surface area (Å²) in [6, 6.07) is 1.76. The fourth-order valence-electron chi connectivity index (χ4n) is 2.21. The first-order valence-electron chi connectivity index (χ1n) is 8.03. The molecule has 0 saturated heterocycles. The van der Waals surface area contributed by atoms with Crippen molar-refractivity contribution in [2.75, 3.05) is 18.2 Å². The van der Waals surface area contributed by atoms with Crippen LogP contribution in [0.2, 0.25) is 0 Å². The number of thioether (sulfide) groups is 1. The van der Waals surface area contributed by atoms with E-state index in [9.17, 15) is 9.59 Å². The predicted octanol–water partition coefficient (Wildman–Crippen LogP) is 3.14. The number of aromatic nitrogens is 3. The van der Waals surface area contributed by atoms with Gasteiger partial charge in [-0.15, -0.1) is 21.5 Å². The maximum atomic E-state index is 12.3. The molecule has 0 aromatic carbocycles. The van der Waals surface area contributed by atoms with E-state index in [1.165, 1.54) is 30.2 Å². The molecule has 0 aliphatic rings. The molecule has 2 heterocycles. The van der Waals surface area contributed by atoms with Gasteiger partial charge in [-0.1, -0.05) is 25.6 Å². The molecule has 0 radical (unpaired) electrons. The van der Waals surface area contributed by atoms with Gasteiger partial charge in [0.25, 0.3) is 0 Å². The highest BCUT2D eigenvalue weighted by molar-refractivity contribution is 7.99. The minimum Gasteiger partial charge on any atom is -0.465 e. The molecule has 0 atom stereocenters. The zero-order valence-electron chi connectivity index (χ0n) is 14.8. The first kappa shape index (κ1) is 19.5. The van der Waals surface area contributed by atoms with Crippen molar-refractivity contribution < 1.29 is 14.3 Å². The Labute approximate surface area is 155 Å². The van der Waals surface area contributed by atoms with E-state index in [0.29, 0.717) is 10.6 Å². The minimum absolute atomic E-state index is 0.191. The Bertz CT molecular complexity index is 755. The number of esters is 1. The van der Waals surface area contributed by atoms with E-state index in [-0.39, 0.29) is 11.7 Å². The number of thiophene rings is 1. The summed E-state index contributed by atoms with van der Waals surface area (Å²) in [5, 5.41) is 12.2. The number of carbonyl (C=O) groups is 2. The standard InChI is InChI=1S/C16H22N4O3S2/c1-5-7-20-10(3)18-19-16(20)24-9-13(21)17-14-12(15(22)23-4)8-11(6-2)25-14/h8H,5-7,9H2,1-4H3,(H,17,21). The van der Waals surface area contributed by atoms with Crippen LogP contribution in [-0.4, -0.2) is 39.5 Å². The highest BCUT2D eigenvalue weighted by Gasteiger charge is 2.19. The Morgan fingerprint density at radius 3 is 2.76 bits per heavy atom. The third kappa shape index (κ3) is 4.82. The minimum atomic E-state index is -0.447. The summed E-state index contributed by atoms with van der Waals surface area (Å²) < 4.78 is 6.78. The number of rotatable bonds is 8. The fourth-order valence-corrected chi connectivity index (χ4v) is 4.02. The molecule has 9 heteroatoms. The molecule has 25 heavy (non-hydrogen) atoms. The lowest BCUT2D eigenvalue weighted by Crippen LogP contribution is -2.16. The van der Waals surface area contributed by atoms with Gasteiger partial charge in [0.2, 0.25) is 5.91 Å². The number of anilines is 1. The molecule has 0 spiro atoms. The quantitative estimate of drug-likeness (QED) is 0.558. The van der Waals surface area contributed by atoms with Crippen molar-refractivity contribution in [1.82, 2.24) is 14.8 Å². The van der Waals surface area contributed by atoms with Crippen LogP contribution in [0, 0.1) is 6.92 Å². The Morgan fingerprint density at radius 2 is 2.12 bits per heavy atom. The van der Waals surface area contributed by atoms with Crippen LogP contribution in [0.5, 0.6) is 0 Å². The summed E-state index contributed by atoms with van der Waals surface area (Å²) in [4.78, 5) is 25.2. The number of hydrogen-bond donors (Lipinski definition) is 1. The number of methoxy groups -OCH3 is 1. The van der Waals surface area contributed by atoms with Crippen molar-refractivity contribution in [3.63, 3.8) is 0 Å². The number of carbonyl (C=O) groups excluding carboxylic acids is 2. The number of nitrogens with zero attached hydrogens (tertiary/aromatic N) is 3. The van der Waals surface area contributed by atoms with Gasteiger partial charge in [0.05, 0.1) is 18.4 Å². The Morgan fingerprint density at radius 1 is 1.36 bits per heavy atom. The lowest BCUT2D eigenvalue weighted by molar-refractivity contribution is -0.113. The van der Waals surface area contributed by atoms with Crippen molar-refractivity contribution in [3.8, 4) is 0 Å². The molecule has 0 bridgehead atoms. The monoisotopic (exact) mass is 382 g/mol. The second-order valence-electron chi connectivity index (χ2n) is 5.32. The Kier molecular flexibility index (Phi) is 7.01. The van der Waals surface area contributed by atoms with E-state index in [2.05, 4.69) is 22.4 Å².